The highest BCUT2D eigenvalue weighted by molar-refractivity contribution is 7.99. The number of carboxylic acids is 1. The lowest BCUT2D eigenvalue weighted by Crippen LogP contribution is -2.40. The standard InChI is InChI=1S/C15H20FNO3S/c1-3-8-17(9-14(18)19)15(20)11(2)10-21-13-6-4-12(16)5-7-13/h4-7,11H,3,8-10H2,1-2H3,(H,18,19). The minimum absolute atomic E-state index is 0.158. The number of carbonyl (C=O) groups is 2. The van der Waals surface area contributed by atoms with Crippen molar-refractivity contribution in [3.63, 3.8) is 0 Å². The lowest BCUT2D eigenvalue weighted by Gasteiger charge is -2.23. The molecule has 1 aromatic rings. The summed E-state index contributed by atoms with van der Waals surface area (Å²) in [5.74, 6) is -1.21. The molecule has 4 nitrogen and oxygen atoms in total. The number of halogens is 1. The summed E-state index contributed by atoms with van der Waals surface area (Å²) in [4.78, 5) is 25.3. The molecule has 1 rings (SSSR count). The molecule has 0 aliphatic rings. The van der Waals surface area contributed by atoms with Crippen LogP contribution in [0.15, 0.2) is 29.2 Å². The highest BCUT2D eigenvalue weighted by Gasteiger charge is 2.21. The van der Waals surface area contributed by atoms with Gasteiger partial charge in [0.25, 0.3) is 0 Å². The first kappa shape index (κ1) is 17.5. The van der Waals surface area contributed by atoms with Crippen LogP contribution in [0, 0.1) is 11.7 Å². The first-order valence-electron chi connectivity index (χ1n) is 6.83. The van der Waals surface area contributed by atoms with Crippen LogP contribution in [0.25, 0.3) is 0 Å². The summed E-state index contributed by atoms with van der Waals surface area (Å²) in [6.45, 7) is 3.86. The summed E-state index contributed by atoms with van der Waals surface area (Å²) in [6.07, 6.45) is 0.719. The molecule has 0 heterocycles. The zero-order chi connectivity index (χ0) is 15.8. The van der Waals surface area contributed by atoms with Gasteiger partial charge in [-0.05, 0) is 30.7 Å². The van der Waals surface area contributed by atoms with Crippen molar-refractivity contribution in [3.05, 3.63) is 30.1 Å². The number of benzene rings is 1. The monoisotopic (exact) mass is 313 g/mol. The molecule has 1 unspecified atom stereocenters. The summed E-state index contributed by atoms with van der Waals surface area (Å²) in [6, 6.07) is 6.09. The molecule has 0 radical (unpaired) electrons. The number of carbonyl (C=O) groups excluding carboxylic acids is 1. The van der Waals surface area contributed by atoms with E-state index in [4.69, 9.17) is 5.11 Å². The fourth-order valence-electron chi connectivity index (χ4n) is 1.84. The van der Waals surface area contributed by atoms with Crippen molar-refractivity contribution < 1.29 is 19.1 Å². The van der Waals surface area contributed by atoms with Crippen molar-refractivity contribution in [2.75, 3.05) is 18.8 Å². The number of hydrogen-bond acceptors (Lipinski definition) is 3. The minimum atomic E-state index is -1.00. The van der Waals surface area contributed by atoms with Gasteiger partial charge in [0.1, 0.15) is 12.4 Å². The number of aliphatic carboxylic acids is 1. The van der Waals surface area contributed by atoms with E-state index in [1.807, 2.05) is 6.92 Å². The van der Waals surface area contributed by atoms with Gasteiger partial charge in [-0.25, -0.2) is 4.39 Å². The van der Waals surface area contributed by atoms with Gasteiger partial charge in [0, 0.05) is 23.1 Å². The second-order valence-electron chi connectivity index (χ2n) is 4.82. The van der Waals surface area contributed by atoms with Gasteiger partial charge < -0.3 is 10.0 Å². The van der Waals surface area contributed by atoms with Gasteiger partial charge in [-0.3, -0.25) is 9.59 Å². The second-order valence-corrected chi connectivity index (χ2v) is 5.91. The SMILES string of the molecule is CCCN(CC(=O)O)C(=O)C(C)CSc1ccc(F)cc1. The lowest BCUT2D eigenvalue weighted by molar-refractivity contribution is -0.145. The Morgan fingerprint density at radius 1 is 1.33 bits per heavy atom. The van der Waals surface area contributed by atoms with Crippen LogP contribution < -0.4 is 0 Å². The van der Waals surface area contributed by atoms with E-state index in [0.717, 1.165) is 11.3 Å². The zero-order valence-corrected chi connectivity index (χ0v) is 13.0. The fraction of sp³-hybridized carbons (Fsp3) is 0.467. The maximum absolute atomic E-state index is 12.8. The number of rotatable bonds is 8. The largest absolute Gasteiger partial charge is 0.480 e. The molecule has 0 saturated heterocycles. The Morgan fingerprint density at radius 2 is 1.95 bits per heavy atom. The Labute approximate surface area is 128 Å². The van der Waals surface area contributed by atoms with Crippen LogP contribution >= 0.6 is 11.8 Å². The van der Waals surface area contributed by atoms with E-state index in [0.29, 0.717) is 12.3 Å². The maximum Gasteiger partial charge on any atom is 0.323 e. The Morgan fingerprint density at radius 3 is 2.48 bits per heavy atom. The van der Waals surface area contributed by atoms with Crippen molar-refractivity contribution >= 4 is 23.6 Å². The van der Waals surface area contributed by atoms with Crippen molar-refractivity contribution in [1.29, 1.82) is 0 Å². The molecule has 0 fully saturated rings. The van der Waals surface area contributed by atoms with Gasteiger partial charge in [0.15, 0.2) is 0 Å². The zero-order valence-electron chi connectivity index (χ0n) is 12.2. The van der Waals surface area contributed by atoms with E-state index in [9.17, 15) is 14.0 Å². The van der Waals surface area contributed by atoms with Gasteiger partial charge in [0.2, 0.25) is 5.91 Å². The molecule has 0 bridgehead atoms. The molecule has 21 heavy (non-hydrogen) atoms. The summed E-state index contributed by atoms with van der Waals surface area (Å²) < 4.78 is 12.8. The van der Waals surface area contributed by atoms with E-state index in [1.165, 1.54) is 28.8 Å². The van der Waals surface area contributed by atoms with Crippen LogP contribution in [0.3, 0.4) is 0 Å². The van der Waals surface area contributed by atoms with Gasteiger partial charge in [-0.2, -0.15) is 0 Å². The minimum Gasteiger partial charge on any atom is -0.480 e. The lowest BCUT2D eigenvalue weighted by atomic mass is 10.2. The first-order chi connectivity index (χ1) is 9.93. The molecule has 116 valence electrons. The average Bonchev–Trinajstić information content (AvgIpc) is 2.44. The van der Waals surface area contributed by atoms with Gasteiger partial charge >= 0.3 is 5.97 Å². The molecule has 0 aliphatic heterocycles. The number of carboxylic acid groups (broad SMARTS) is 1. The molecule has 6 heteroatoms. The Kier molecular flexibility index (Phi) is 7.22. The highest BCUT2D eigenvalue weighted by atomic mass is 32.2. The van der Waals surface area contributed by atoms with Gasteiger partial charge in [-0.15, -0.1) is 11.8 Å². The van der Waals surface area contributed by atoms with Crippen LogP contribution in [0.2, 0.25) is 0 Å². The third-order valence-electron chi connectivity index (χ3n) is 2.87. The van der Waals surface area contributed by atoms with Crippen molar-refractivity contribution in [2.45, 2.75) is 25.2 Å². The second kappa shape index (κ2) is 8.67. The molecule has 1 N–H and O–H groups in total. The quantitative estimate of drug-likeness (QED) is 0.750. The molecule has 0 aliphatic carbocycles. The fourth-order valence-corrected chi connectivity index (χ4v) is 2.75. The van der Waals surface area contributed by atoms with Gasteiger partial charge in [-0.1, -0.05) is 13.8 Å². The van der Waals surface area contributed by atoms with Crippen LogP contribution in [0.1, 0.15) is 20.3 Å². The van der Waals surface area contributed by atoms with Crippen LogP contribution in [0.4, 0.5) is 4.39 Å². The van der Waals surface area contributed by atoms with Crippen LogP contribution in [-0.4, -0.2) is 40.7 Å². The summed E-state index contributed by atoms with van der Waals surface area (Å²) in [5.41, 5.74) is 0. The summed E-state index contributed by atoms with van der Waals surface area (Å²) in [7, 11) is 0. The molecular weight excluding hydrogens is 293 g/mol. The van der Waals surface area contributed by atoms with Gasteiger partial charge in [0.05, 0.1) is 0 Å². The molecular formula is C15H20FNO3S. The number of hydrogen-bond donors (Lipinski definition) is 1. The van der Waals surface area contributed by atoms with Crippen molar-refractivity contribution in [2.24, 2.45) is 5.92 Å². The van der Waals surface area contributed by atoms with Crippen LogP contribution in [0.5, 0.6) is 0 Å². The predicted octanol–water partition coefficient (Wildman–Crippen LogP) is 2.88. The van der Waals surface area contributed by atoms with Crippen molar-refractivity contribution in [3.8, 4) is 0 Å². The van der Waals surface area contributed by atoms with E-state index in [-0.39, 0.29) is 24.2 Å². The third kappa shape index (κ3) is 6.16. The first-order valence-corrected chi connectivity index (χ1v) is 7.81. The topological polar surface area (TPSA) is 57.6 Å². The predicted molar refractivity (Wildman–Crippen MR) is 80.8 cm³/mol. The number of nitrogens with zero attached hydrogens (tertiary/aromatic N) is 1. The maximum atomic E-state index is 12.8. The third-order valence-corrected chi connectivity index (χ3v) is 4.14. The Hall–Kier alpha value is -1.56. The molecule has 0 aromatic heterocycles. The summed E-state index contributed by atoms with van der Waals surface area (Å²) >= 11 is 1.46. The molecule has 1 aromatic carbocycles. The Bertz CT molecular complexity index is 478. The van der Waals surface area contributed by atoms with Crippen LogP contribution in [-0.2, 0) is 9.59 Å². The number of amides is 1. The molecule has 0 spiro atoms. The van der Waals surface area contributed by atoms with E-state index in [1.54, 1.807) is 19.1 Å². The summed E-state index contributed by atoms with van der Waals surface area (Å²) in [5, 5.41) is 8.84. The molecule has 0 saturated carbocycles. The van der Waals surface area contributed by atoms with Crippen molar-refractivity contribution in [1.82, 2.24) is 4.90 Å². The molecule has 1 amide bonds. The van der Waals surface area contributed by atoms with E-state index in [2.05, 4.69) is 0 Å². The average molecular weight is 313 g/mol. The highest BCUT2D eigenvalue weighted by Crippen LogP contribution is 2.21. The Balaban J connectivity index is 2.55. The van der Waals surface area contributed by atoms with E-state index < -0.39 is 5.97 Å². The van der Waals surface area contributed by atoms with E-state index >= 15 is 0 Å². The smallest absolute Gasteiger partial charge is 0.323 e. The molecule has 1 atom stereocenters. The number of thioether (sulfide) groups is 1. The normalized spacial score (nSPS) is 12.0.